The van der Waals surface area contributed by atoms with Crippen LogP contribution in [0.5, 0.6) is 0 Å². The third-order valence-electron chi connectivity index (χ3n) is 3.27. The number of carbonyl (C=O) groups excluding carboxylic acids is 1. The van der Waals surface area contributed by atoms with Crippen molar-refractivity contribution in [1.29, 1.82) is 5.26 Å². The topological polar surface area (TPSA) is 74.5 Å². The van der Waals surface area contributed by atoms with Gasteiger partial charge in [-0.3, -0.25) is 4.79 Å². The Morgan fingerprint density at radius 3 is 2.70 bits per heavy atom. The average molecular weight is 307 g/mol. The third kappa shape index (κ3) is 4.42. The third-order valence-corrected chi connectivity index (χ3v) is 3.27. The summed E-state index contributed by atoms with van der Waals surface area (Å²) in [5, 5.41) is 15.5. The number of nitrogens with one attached hydrogen (secondary N) is 1. The molecular weight excluding hydrogens is 290 g/mol. The number of nitrogens with zero attached hydrogens (tertiary/aromatic N) is 2. The largest absolute Gasteiger partial charge is 0.383 e. The fourth-order valence-corrected chi connectivity index (χ4v) is 1.88. The molecule has 5 heteroatoms. The van der Waals surface area contributed by atoms with Gasteiger partial charge in [0, 0.05) is 0 Å². The fraction of sp³-hybridized carbons (Fsp3) is 0.167. The lowest BCUT2D eigenvalue weighted by molar-refractivity contribution is -0.126. The summed E-state index contributed by atoms with van der Waals surface area (Å²) in [5.41, 5.74) is 2.85. The van der Waals surface area contributed by atoms with E-state index in [9.17, 15) is 4.79 Å². The van der Waals surface area contributed by atoms with Gasteiger partial charge in [-0.2, -0.15) is 5.26 Å². The lowest BCUT2D eigenvalue weighted by Crippen LogP contribution is -2.26. The van der Waals surface area contributed by atoms with E-state index in [0.29, 0.717) is 11.3 Å². The Balaban J connectivity index is 1.96. The molecular formula is C18H17N3O2. The van der Waals surface area contributed by atoms with Crippen molar-refractivity contribution < 1.29 is 9.63 Å². The summed E-state index contributed by atoms with van der Waals surface area (Å²) in [6.45, 7) is 3.57. The van der Waals surface area contributed by atoms with Crippen molar-refractivity contribution in [2.24, 2.45) is 5.16 Å². The summed E-state index contributed by atoms with van der Waals surface area (Å²) in [6, 6.07) is 16.5. The molecule has 0 aliphatic heterocycles. The van der Waals surface area contributed by atoms with Crippen LogP contribution in [-0.4, -0.2) is 18.2 Å². The minimum Gasteiger partial charge on any atom is -0.383 e. The van der Waals surface area contributed by atoms with Crippen molar-refractivity contribution in [1.82, 2.24) is 0 Å². The van der Waals surface area contributed by atoms with Crippen LogP contribution in [0.15, 0.2) is 53.7 Å². The van der Waals surface area contributed by atoms with Gasteiger partial charge >= 0.3 is 0 Å². The first kappa shape index (κ1) is 16.2. The zero-order valence-corrected chi connectivity index (χ0v) is 13.0. The number of hydrogen-bond acceptors (Lipinski definition) is 4. The van der Waals surface area contributed by atoms with E-state index in [1.54, 1.807) is 37.4 Å². The number of anilines is 1. The maximum Gasteiger partial charge on any atom is 0.268 e. The normalized spacial score (nSPS) is 11.7. The van der Waals surface area contributed by atoms with Crippen molar-refractivity contribution in [3.8, 4) is 6.07 Å². The number of hydrogen-bond donors (Lipinski definition) is 1. The zero-order chi connectivity index (χ0) is 16.7. The van der Waals surface area contributed by atoms with Gasteiger partial charge in [0.05, 0.1) is 17.5 Å². The van der Waals surface area contributed by atoms with Crippen LogP contribution in [0.25, 0.3) is 0 Å². The van der Waals surface area contributed by atoms with E-state index >= 15 is 0 Å². The molecule has 2 aromatic carbocycles. The van der Waals surface area contributed by atoms with Crippen LogP contribution in [0.3, 0.4) is 0 Å². The van der Waals surface area contributed by atoms with E-state index in [1.165, 1.54) is 0 Å². The first-order valence-corrected chi connectivity index (χ1v) is 7.16. The molecule has 0 bridgehead atoms. The lowest BCUT2D eigenvalue weighted by Gasteiger charge is -2.11. The number of oxime groups is 1. The highest BCUT2D eigenvalue weighted by molar-refractivity contribution is 5.95. The van der Waals surface area contributed by atoms with Crippen molar-refractivity contribution in [3.05, 3.63) is 65.2 Å². The molecule has 1 N–H and O–H groups in total. The van der Waals surface area contributed by atoms with Crippen LogP contribution < -0.4 is 5.32 Å². The van der Waals surface area contributed by atoms with Crippen LogP contribution in [0.2, 0.25) is 0 Å². The van der Waals surface area contributed by atoms with Gasteiger partial charge in [-0.25, -0.2) is 0 Å². The van der Waals surface area contributed by atoms with Gasteiger partial charge in [-0.1, -0.05) is 41.6 Å². The molecule has 1 atom stereocenters. The molecule has 0 heterocycles. The van der Waals surface area contributed by atoms with Gasteiger partial charge in [0.2, 0.25) is 6.10 Å². The van der Waals surface area contributed by atoms with Crippen LogP contribution in [0.1, 0.15) is 23.6 Å². The summed E-state index contributed by atoms with van der Waals surface area (Å²) < 4.78 is 0. The maximum absolute atomic E-state index is 12.1. The van der Waals surface area contributed by atoms with Gasteiger partial charge in [-0.05, 0) is 37.1 Å². The van der Waals surface area contributed by atoms with Crippen LogP contribution in [0, 0.1) is 18.3 Å². The molecule has 0 aliphatic rings. The highest BCUT2D eigenvalue weighted by Gasteiger charge is 2.15. The Hall–Kier alpha value is -3.13. The number of nitriles is 1. The molecule has 1 amide bonds. The summed E-state index contributed by atoms with van der Waals surface area (Å²) in [4.78, 5) is 17.3. The van der Waals surface area contributed by atoms with E-state index in [2.05, 4.69) is 10.5 Å². The number of aryl methyl sites for hydroxylation is 1. The first-order chi connectivity index (χ1) is 11.1. The van der Waals surface area contributed by atoms with E-state index < -0.39 is 6.10 Å². The van der Waals surface area contributed by atoms with Gasteiger partial charge in [0.15, 0.2) is 0 Å². The molecule has 0 saturated carbocycles. The highest BCUT2D eigenvalue weighted by atomic mass is 16.6. The number of carbonyl (C=O) groups is 1. The van der Waals surface area contributed by atoms with E-state index in [0.717, 1.165) is 11.1 Å². The van der Waals surface area contributed by atoms with Crippen molar-refractivity contribution in [3.63, 3.8) is 0 Å². The van der Waals surface area contributed by atoms with Crippen LogP contribution in [0.4, 0.5) is 5.69 Å². The molecule has 116 valence electrons. The van der Waals surface area contributed by atoms with Gasteiger partial charge in [-0.15, -0.1) is 0 Å². The lowest BCUT2D eigenvalue weighted by atomic mass is 10.1. The quantitative estimate of drug-likeness (QED) is 0.680. The van der Waals surface area contributed by atoms with Crippen molar-refractivity contribution >= 4 is 17.8 Å². The summed E-state index contributed by atoms with van der Waals surface area (Å²) in [6.07, 6.45) is 0.796. The van der Waals surface area contributed by atoms with E-state index in [1.807, 2.05) is 37.3 Å². The number of rotatable bonds is 5. The second-order valence-electron chi connectivity index (χ2n) is 4.99. The Morgan fingerprint density at radius 2 is 1.96 bits per heavy atom. The number of benzene rings is 2. The molecule has 2 aromatic rings. The van der Waals surface area contributed by atoms with Crippen LogP contribution >= 0.6 is 0 Å². The Labute approximate surface area is 135 Å². The van der Waals surface area contributed by atoms with Crippen molar-refractivity contribution in [2.75, 3.05) is 5.32 Å². The smallest absolute Gasteiger partial charge is 0.268 e. The molecule has 23 heavy (non-hydrogen) atoms. The predicted octanol–water partition coefficient (Wildman–Crippen LogP) is 3.24. The zero-order valence-electron chi connectivity index (χ0n) is 13.0. The molecule has 0 fully saturated rings. The predicted molar refractivity (Wildman–Crippen MR) is 89.1 cm³/mol. The summed E-state index contributed by atoms with van der Waals surface area (Å²) in [5.74, 6) is -0.366. The van der Waals surface area contributed by atoms with E-state index in [4.69, 9.17) is 10.1 Å². The second kappa shape index (κ2) is 7.76. The molecule has 0 aromatic heterocycles. The maximum atomic E-state index is 12.1. The van der Waals surface area contributed by atoms with Crippen LogP contribution in [-0.2, 0) is 9.63 Å². The Kier molecular flexibility index (Phi) is 5.48. The summed E-state index contributed by atoms with van der Waals surface area (Å²) >= 11 is 0. The van der Waals surface area contributed by atoms with Gasteiger partial charge < -0.3 is 10.2 Å². The second-order valence-corrected chi connectivity index (χ2v) is 4.99. The molecule has 0 spiro atoms. The number of amides is 1. The molecule has 0 radical (unpaired) electrons. The minimum absolute atomic E-state index is 0.366. The fourth-order valence-electron chi connectivity index (χ4n) is 1.88. The summed E-state index contributed by atoms with van der Waals surface area (Å²) in [7, 11) is 0. The molecule has 5 nitrogen and oxygen atoms in total. The highest BCUT2D eigenvalue weighted by Crippen LogP contribution is 2.14. The molecule has 2 rings (SSSR count). The van der Waals surface area contributed by atoms with Crippen molar-refractivity contribution in [2.45, 2.75) is 20.0 Å². The standard InChI is InChI=1S/C18H17N3O2/c1-13-7-3-4-9-16(13)12-20-23-14(2)18(22)21-17-10-6-5-8-15(17)11-19/h3-10,12,14H,1-2H3,(H,21,22)/b20-12-/t14-/m1/s1. The minimum atomic E-state index is -0.776. The van der Waals surface area contributed by atoms with Gasteiger partial charge in [0.1, 0.15) is 6.07 Å². The van der Waals surface area contributed by atoms with E-state index in [-0.39, 0.29) is 5.91 Å². The van der Waals surface area contributed by atoms with Gasteiger partial charge in [0.25, 0.3) is 5.91 Å². The molecule has 0 unspecified atom stereocenters. The number of para-hydroxylation sites is 1. The first-order valence-electron chi connectivity index (χ1n) is 7.16. The monoisotopic (exact) mass is 307 g/mol. The average Bonchev–Trinajstić information content (AvgIpc) is 2.57. The Bertz CT molecular complexity index is 763. The SMILES string of the molecule is Cc1ccccc1/C=N\O[C@H](C)C(=O)Nc1ccccc1C#N. The Morgan fingerprint density at radius 1 is 1.26 bits per heavy atom. The molecule has 0 saturated heterocycles. The molecule has 0 aliphatic carbocycles.